The summed E-state index contributed by atoms with van der Waals surface area (Å²) in [5.41, 5.74) is 6.51. The predicted octanol–water partition coefficient (Wildman–Crippen LogP) is 2.75. The molecule has 0 bridgehead atoms. The van der Waals surface area contributed by atoms with Crippen LogP contribution >= 0.6 is 23.1 Å². The molecular formula is C11H14N2OS2. The lowest BCUT2D eigenvalue weighted by Gasteiger charge is -2.00. The summed E-state index contributed by atoms with van der Waals surface area (Å²) in [5, 5.41) is 0. The van der Waals surface area contributed by atoms with Gasteiger partial charge in [0.1, 0.15) is 5.75 Å². The van der Waals surface area contributed by atoms with Crippen LogP contribution in [-0.4, -0.2) is 23.9 Å². The summed E-state index contributed by atoms with van der Waals surface area (Å²) in [7, 11) is 0. The first-order chi connectivity index (χ1) is 7.83. The van der Waals surface area contributed by atoms with Crippen LogP contribution in [0, 0.1) is 0 Å². The van der Waals surface area contributed by atoms with E-state index in [-0.39, 0.29) is 0 Å². The molecule has 0 fully saturated rings. The summed E-state index contributed by atoms with van der Waals surface area (Å²) >= 11 is 3.40. The average Bonchev–Trinajstić information content (AvgIpc) is 2.68. The largest absolute Gasteiger partial charge is 0.494 e. The van der Waals surface area contributed by atoms with E-state index < -0.39 is 0 Å². The molecule has 0 amide bonds. The SMILES string of the molecule is CCOc1ccc2nc(SCCN)sc2c1. The number of hydrogen-bond acceptors (Lipinski definition) is 5. The topological polar surface area (TPSA) is 48.1 Å². The van der Waals surface area contributed by atoms with Crippen molar-refractivity contribution in [1.82, 2.24) is 4.98 Å². The first-order valence-corrected chi connectivity index (χ1v) is 7.00. The van der Waals surface area contributed by atoms with Crippen molar-refractivity contribution in [2.24, 2.45) is 5.73 Å². The van der Waals surface area contributed by atoms with Crippen LogP contribution in [0.1, 0.15) is 6.92 Å². The van der Waals surface area contributed by atoms with Gasteiger partial charge in [-0.3, -0.25) is 0 Å². The molecule has 0 aliphatic rings. The van der Waals surface area contributed by atoms with Crippen LogP contribution in [0.5, 0.6) is 5.75 Å². The third-order valence-corrected chi connectivity index (χ3v) is 4.19. The van der Waals surface area contributed by atoms with Gasteiger partial charge in [-0.25, -0.2) is 4.98 Å². The van der Waals surface area contributed by atoms with Crippen LogP contribution in [0.4, 0.5) is 0 Å². The van der Waals surface area contributed by atoms with Crippen molar-refractivity contribution in [3.63, 3.8) is 0 Å². The second-order valence-electron chi connectivity index (χ2n) is 3.18. The fourth-order valence-electron chi connectivity index (χ4n) is 1.35. The van der Waals surface area contributed by atoms with Gasteiger partial charge in [-0.05, 0) is 25.1 Å². The van der Waals surface area contributed by atoms with Gasteiger partial charge in [0.2, 0.25) is 0 Å². The van der Waals surface area contributed by atoms with Crippen LogP contribution in [0.2, 0.25) is 0 Å². The lowest BCUT2D eigenvalue weighted by Crippen LogP contribution is -2.00. The predicted molar refractivity (Wildman–Crippen MR) is 70.6 cm³/mol. The van der Waals surface area contributed by atoms with Crippen LogP contribution in [0.15, 0.2) is 22.5 Å². The van der Waals surface area contributed by atoms with E-state index >= 15 is 0 Å². The zero-order valence-corrected chi connectivity index (χ0v) is 10.7. The van der Waals surface area contributed by atoms with Gasteiger partial charge in [0, 0.05) is 12.3 Å². The van der Waals surface area contributed by atoms with E-state index in [1.807, 2.05) is 25.1 Å². The summed E-state index contributed by atoms with van der Waals surface area (Å²) in [6.07, 6.45) is 0. The second-order valence-corrected chi connectivity index (χ2v) is 5.55. The highest BCUT2D eigenvalue weighted by molar-refractivity contribution is 8.01. The van der Waals surface area contributed by atoms with Crippen molar-refractivity contribution >= 4 is 33.3 Å². The molecule has 3 nitrogen and oxygen atoms in total. The number of ether oxygens (including phenoxy) is 1. The lowest BCUT2D eigenvalue weighted by molar-refractivity contribution is 0.341. The molecular weight excluding hydrogens is 240 g/mol. The standard InChI is InChI=1S/C11H14N2OS2/c1-2-14-8-3-4-9-10(7-8)16-11(13-9)15-6-5-12/h3-4,7H,2,5-6,12H2,1H3. The van der Waals surface area contributed by atoms with Crippen molar-refractivity contribution in [2.75, 3.05) is 18.9 Å². The number of hydrogen-bond donors (Lipinski definition) is 1. The Labute approximate surface area is 103 Å². The molecule has 0 spiro atoms. The molecule has 2 aromatic rings. The molecule has 2 N–H and O–H groups in total. The molecule has 86 valence electrons. The number of nitrogens with zero attached hydrogens (tertiary/aromatic N) is 1. The molecule has 1 aromatic carbocycles. The zero-order valence-electron chi connectivity index (χ0n) is 9.10. The third kappa shape index (κ3) is 2.66. The van der Waals surface area contributed by atoms with Crippen LogP contribution in [0.25, 0.3) is 10.2 Å². The van der Waals surface area contributed by atoms with E-state index in [1.54, 1.807) is 23.1 Å². The highest BCUT2D eigenvalue weighted by Crippen LogP contribution is 2.31. The van der Waals surface area contributed by atoms with E-state index in [1.165, 1.54) is 4.70 Å². The summed E-state index contributed by atoms with van der Waals surface area (Å²) in [6.45, 7) is 3.36. The minimum atomic E-state index is 0.685. The number of nitrogens with two attached hydrogens (primary N) is 1. The second kappa shape index (κ2) is 5.52. The molecule has 0 unspecified atom stereocenters. The Morgan fingerprint density at radius 3 is 3.12 bits per heavy atom. The first-order valence-electron chi connectivity index (χ1n) is 5.19. The van der Waals surface area contributed by atoms with Gasteiger partial charge in [-0.15, -0.1) is 11.3 Å². The molecule has 0 aliphatic carbocycles. The molecule has 0 saturated carbocycles. The molecule has 16 heavy (non-hydrogen) atoms. The average molecular weight is 254 g/mol. The Kier molecular flexibility index (Phi) is 4.04. The molecule has 0 atom stereocenters. The lowest BCUT2D eigenvalue weighted by atomic mass is 10.3. The van der Waals surface area contributed by atoms with E-state index in [4.69, 9.17) is 10.5 Å². The van der Waals surface area contributed by atoms with Crippen LogP contribution in [-0.2, 0) is 0 Å². The van der Waals surface area contributed by atoms with Crippen molar-refractivity contribution < 1.29 is 4.74 Å². The molecule has 2 rings (SSSR count). The highest BCUT2D eigenvalue weighted by atomic mass is 32.2. The maximum Gasteiger partial charge on any atom is 0.151 e. The van der Waals surface area contributed by atoms with Gasteiger partial charge in [0.15, 0.2) is 4.34 Å². The van der Waals surface area contributed by atoms with E-state index in [9.17, 15) is 0 Å². The fourth-order valence-corrected chi connectivity index (χ4v) is 3.28. The number of thioether (sulfide) groups is 1. The summed E-state index contributed by atoms with van der Waals surface area (Å²) in [6, 6.07) is 6.01. The highest BCUT2D eigenvalue weighted by Gasteiger charge is 2.05. The minimum absolute atomic E-state index is 0.685. The minimum Gasteiger partial charge on any atom is -0.494 e. The number of thiazole rings is 1. The van der Waals surface area contributed by atoms with Gasteiger partial charge in [0.25, 0.3) is 0 Å². The summed E-state index contributed by atoms with van der Waals surface area (Å²) < 4.78 is 7.71. The summed E-state index contributed by atoms with van der Waals surface area (Å²) in [5.74, 6) is 1.83. The Balaban J connectivity index is 2.23. The smallest absolute Gasteiger partial charge is 0.151 e. The monoisotopic (exact) mass is 254 g/mol. The van der Waals surface area contributed by atoms with Crippen LogP contribution in [0.3, 0.4) is 0 Å². The Bertz CT molecular complexity index is 470. The first kappa shape index (κ1) is 11.7. The van der Waals surface area contributed by atoms with Gasteiger partial charge in [0.05, 0.1) is 16.8 Å². The molecule has 0 radical (unpaired) electrons. The van der Waals surface area contributed by atoms with Crippen molar-refractivity contribution in [1.29, 1.82) is 0 Å². The van der Waals surface area contributed by atoms with Gasteiger partial charge in [-0.1, -0.05) is 11.8 Å². The molecule has 1 heterocycles. The quantitative estimate of drug-likeness (QED) is 0.833. The molecule has 1 aromatic heterocycles. The van der Waals surface area contributed by atoms with E-state index in [2.05, 4.69) is 4.98 Å². The Morgan fingerprint density at radius 2 is 2.38 bits per heavy atom. The normalized spacial score (nSPS) is 10.9. The number of rotatable bonds is 5. The molecule has 5 heteroatoms. The van der Waals surface area contributed by atoms with Crippen LogP contribution < -0.4 is 10.5 Å². The third-order valence-electron chi connectivity index (χ3n) is 1.99. The number of fused-ring (bicyclic) bond motifs is 1. The van der Waals surface area contributed by atoms with Crippen molar-refractivity contribution in [2.45, 2.75) is 11.3 Å². The van der Waals surface area contributed by atoms with E-state index in [0.29, 0.717) is 13.2 Å². The number of aromatic nitrogens is 1. The van der Waals surface area contributed by atoms with Crippen molar-refractivity contribution in [3.8, 4) is 5.75 Å². The fraction of sp³-hybridized carbons (Fsp3) is 0.364. The Morgan fingerprint density at radius 1 is 1.50 bits per heavy atom. The van der Waals surface area contributed by atoms with Gasteiger partial charge >= 0.3 is 0 Å². The van der Waals surface area contributed by atoms with Crippen molar-refractivity contribution in [3.05, 3.63) is 18.2 Å². The zero-order chi connectivity index (χ0) is 11.4. The maximum absolute atomic E-state index is 5.47. The Hall–Kier alpha value is -0.780. The molecule has 0 aliphatic heterocycles. The van der Waals surface area contributed by atoms with Gasteiger partial charge < -0.3 is 10.5 Å². The summed E-state index contributed by atoms with van der Waals surface area (Å²) in [4.78, 5) is 4.52. The molecule has 0 saturated heterocycles. The van der Waals surface area contributed by atoms with E-state index in [0.717, 1.165) is 21.4 Å². The van der Waals surface area contributed by atoms with Gasteiger partial charge in [-0.2, -0.15) is 0 Å². The maximum atomic E-state index is 5.47. The number of benzene rings is 1.